The number of anilines is 1. The van der Waals surface area contributed by atoms with E-state index in [0.717, 1.165) is 22.5 Å². The highest BCUT2D eigenvalue weighted by Gasteiger charge is 2.34. The molecule has 0 radical (unpaired) electrons. The Morgan fingerprint density at radius 2 is 1.66 bits per heavy atom. The fraction of sp³-hybridized carbons (Fsp3) is 0.259. The maximum absolute atomic E-state index is 15.0. The Kier molecular flexibility index (Phi) is 8.32. The molecule has 1 atom stereocenters. The van der Waals surface area contributed by atoms with Crippen LogP contribution < -0.4 is 9.04 Å². The zero-order valence-corrected chi connectivity index (χ0v) is 22.0. The third-order valence-corrected chi connectivity index (χ3v) is 8.33. The zero-order valence-electron chi connectivity index (χ0n) is 20.4. The Morgan fingerprint density at radius 1 is 1.00 bits per heavy atom. The number of hydrogen-bond acceptors (Lipinski definition) is 5. The fourth-order valence-corrected chi connectivity index (χ4v) is 6.04. The average molecular weight is 563 g/mol. The van der Waals surface area contributed by atoms with Gasteiger partial charge in [-0.2, -0.15) is 0 Å². The van der Waals surface area contributed by atoms with Gasteiger partial charge in [0.05, 0.1) is 23.2 Å². The molecular formula is C27H25ClF2N2O5S. The van der Waals surface area contributed by atoms with Crippen LogP contribution in [0.4, 0.5) is 14.5 Å². The van der Waals surface area contributed by atoms with Crippen LogP contribution in [0.25, 0.3) is 0 Å². The van der Waals surface area contributed by atoms with E-state index < -0.39 is 33.4 Å². The minimum atomic E-state index is -4.39. The van der Waals surface area contributed by atoms with Crippen molar-refractivity contribution in [1.29, 1.82) is 0 Å². The van der Waals surface area contributed by atoms with Gasteiger partial charge in [0.15, 0.2) is 0 Å². The summed E-state index contributed by atoms with van der Waals surface area (Å²) in [6.45, 7) is 1.89. The molecule has 38 heavy (non-hydrogen) atoms. The summed E-state index contributed by atoms with van der Waals surface area (Å²) in [7, 11) is -4.39. The maximum Gasteiger partial charge on any atom is 0.264 e. The van der Waals surface area contributed by atoms with Crippen LogP contribution in [0.2, 0.25) is 5.02 Å². The molecule has 0 aromatic heterocycles. The molecule has 1 aliphatic heterocycles. The minimum Gasteiger partial charge on any atom is -0.493 e. The second-order valence-corrected chi connectivity index (χ2v) is 11.0. The first-order valence-corrected chi connectivity index (χ1v) is 13.7. The van der Waals surface area contributed by atoms with Gasteiger partial charge in [-0.25, -0.2) is 17.2 Å². The highest BCUT2D eigenvalue weighted by molar-refractivity contribution is 7.92. The molecule has 4 rings (SSSR count). The van der Waals surface area contributed by atoms with Crippen LogP contribution in [0.15, 0.2) is 71.6 Å². The van der Waals surface area contributed by atoms with E-state index in [0.29, 0.717) is 22.8 Å². The van der Waals surface area contributed by atoms with Gasteiger partial charge in [-0.3, -0.25) is 18.8 Å². The quantitative estimate of drug-likeness (QED) is 0.241. The lowest BCUT2D eigenvalue weighted by Gasteiger charge is -2.32. The lowest BCUT2D eigenvalue weighted by Crippen LogP contribution is -2.34. The standard InChI is InChI=1S/C27H25ClF2N2O5S/c1-18(22-5-2-3-6-25(22)37-16-4-15-31-26(33)13-14-27(31)34)32(24-17-20(29)9-12-23(24)30)38(35,36)21-10-7-19(28)8-11-21/h2-3,5-12,17-18H,4,13-16H2,1H3/t18-/m1/s1. The molecule has 0 saturated carbocycles. The van der Waals surface area contributed by atoms with Crippen molar-refractivity contribution >= 4 is 39.1 Å². The number of carbonyl (C=O) groups is 2. The summed E-state index contributed by atoms with van der Waals surface area (Å²) in [5.74, 6) is -1.84. The van der Waals surface area contributed by atoms with Crippen molar-refractivity contribution in [3.05, 3.63) is 89.0 Å². The van der Waals surface area contributed by atoms with Crippen LogP contribution in [0.1, 0.15) is 37.8 Å². The molecule has 0 unspecified atom stereocenters. The van der Waals surface area contributed by atoms with Gasteiger partial charge in [-0.1, -0.05) is 29.8 Å². The summed E-state index contributed by atoms with van der Waals surface area (Å²) in [5, 5.41) is 0.316. The van der Waals surface area contributed by atoms with E-state index in [1.165, 1.54) is 29.2 Å². The molecule has 0 N–H and O–H groups in total. The Labute approximate surface area is 224 Å². The maximum atomic E-state index is 15.0. The molecule has 0 spiro atoms. The van der Waals surface area contributed by atoms with E-state index in [-0.39, 0.29) is 42.7 Å². The van der Waals surface area contributed by atoms with Gasteiger partial charge in [-0.05, 0) is 55.8 Å². The number of sulfonamides is 1. The van der Waals surface area contributed by atoms with E-state index in [2.05, 4.69) is 0 Å². The predicted octanol–water partition coefficient (Wildman–Crippen LogP) is 5.49. The van der Waals surface area contributed by atoms with Gasteiger partial charge in [-0.15, -0.1) is 0 Å². The summed E-state index contributed by atoms with van der Waals surface area (Å²) < 4.78 is 63.5. The highest BCUT2D eigenvalue weighted by Crippen LogP contribution is 2.38. The van der Waals surface area contributed by atoms with Gasteiger partial charge >= 0.3 is 0 Å². The number of imide groups is 1. The average Bonchev–Trinajstić information content (AvgIpc) is 3.21. The molecule has 0 aliphatic carbocycles. The molecule has 1 aliphatic rings. The monoisotopic (exact) mass is 562 g/mol. The summed E-state index contributed by atoms with van der Waals surface area (Å²) in [6, 6.07) is 13.6. The van der Waals surface area contributed by atoms with E-state index in [9.17, 15) is 26.8 Å². The van der Waals surface area contributed by atoms with Crippen LogP contribution in [0, 0.1) is 11.6 Å². The molecular weight excluding hydrogens is 538 g/mol. The van der Waals surface area contributed by atoms with Crippen molar-refractivity contribution < 1.29 is 31.5 Å². The molecule has 2 amide bonds. The summed E-state index contributed by atoms with van der Waals surface area (Å²) in [4.78, 5) is 24.7. The largest absolute Gasteiger partial charge is 0.493 e. The van der Waals surface area contributed by atoms with Crippen molar-refractivity contribution in [3.63, 3.8) is 0 Å². The molecule has 3 aromatic carbocycles. The van der Waals surface area contributed by atoms with Crippen LogP contribution in [-0.2, 0) is 19.6 Å². The first-order chi connectivity index (χ1) is 18.1. The van der Waals surface area contributed by atoms with Crippen molar-refractivity contribution in [2.75, 3.05) is 17.5 Å². The van der Waals surface area contributed by atoms with Crippen molar-refractivity contribution in [1.82, 2.24) is 4.90 Å². The van der Waals surface area contributed by atoms with Crippen molar-refractivity contribution in [2.24, 2.45) is 0 Å². The summed E-state index contributed by atoms with van der Waals surface area (Å²) >= 11 is 5.93. The van der Waals surface area contributed by atoms with Crippen molar-refractivity contribution in [3.8, 4) is 5.75 Å². The SMILES string of the molecule is C[C@H](c1ccccc1OCCCN1C(=O)CCC1=O)N(c1cc(F)ccc1F)S(=O)(=O)c1ccc(Cl)cc1. The lowest BCUT2D eigenvalue weighted by molar-refractivity contribution is -0.138. The van der Waals surface area contributed by atoms with Gasteiger partial charge in [0.25, 0.3) is 10.0 Å². The smallest absolute Gasteiger partial charge is 0.264 e. The first-order valence-electron chi connectivity index (χ1n) is 11.9. The van der Waals surface area contributed by atoms with Crippen LogP contribution in [-0.4, -0.2) is 38.3 Å². The van der Waals surface area contributed by atoms with E-state index in [4.69, 9.17) is 16.3 Å². The van der Waals surface area contributed by atoms with Gasteiger partial charge in [0, 0.05) is 36.0 Å². The molecule has 1 fully saturated rings. The number of likely N-dealkylation sites (tertiary alicyclic amines) is 1. The number of para-hydroxylation sites is 1. The number of ether oxygens (including phenoxy) is 1. The Hall–Kier alpha value is -3.50. The van der Waals surface area contributed by atoms with Gasteiger partial charge in [0.2, 0.25) is 11.8 Å². The Morgan fingerprint density at radius 3 is 2.34 bits per heavy atom. The zero-order chi connectivity index (χ0) is 27.4. The van der Waals surface area contributed by atoms with Gasteiger partial charge in [0.1, 0.15) is 17.4 Å². The number of carbonyl (C=O) groups excluding carboxylic acids is 2. The minimum absolute atomic E-state index is 0.138. The number of rotatable bonds is 10. The molecule has 3 aromatic rings. The van der Waals surface area contributed by atoms with Crippen LogP contribution >= 0.6 is 11.6 Å². The topological polar surface area (TPSA) is 84.0 Å². The van der Waals surface area contributed by atoms with Gasteiger partial charge < -0.3 is 4.74 Å². The molecule has 11 heteroatoms. The van der Waals surface area contributed by atoms with Crippen LogP contribution in [0.5, 0.6) is 5.75 Å². The number of amides is 2. The number of halogens is 3. The van der Waals surface area contributed by atoms with E-state index in [1.54, 1.807) is 31.2 Å². The first kappa shape index (κ1) is 27.5. The number of nitrogens with zero attached hydrogens (tertiary/aromatic N) is 2. The number of benzene rings is 3. The Balaban J connectivity index is 1.65. The molecule has 1 saturated heterocycles. The van der Waals surface area contributed by atoms with E-state index >= 15 is 0 Å². The second-order valence-electron chi connectivity index (χ2n) is 8.71. The summed E-state index contributed by atoms with van der Waals surface area (Å²) in [5.41, 5.74) is -0.0599. The molecule has 1 heterocycles. The molecule has 7 nitrogen and oxygen atoms in total. The third-order valence-electron chi connectivity index (χ3n) is 6.18. The molecule has 200 valence electrons. The van der Waals surface area contributed by atoms with Crippen molar-refractivity contribution in [2.45, 2.75) is 37.1 Å². The lowest BCUT2D eigenvalue weighted by atomic mass is 10.1. The van der Waals surface area contributed by atoms with Crippen LogP contribution in [0.3, 0.4) is 0 Å². The summed E-state index contributed by atoms with van der Waals surface area (Å²) in [6.07, 6.45) is 0.773. The number of hydrogen-bond donors (Lipinski definition) is 0. The highest BCUT2D eigenvalue weighted by atomic mass is 35.5. The normalized spacial score (nSPS) is 14.6. The third kappa shape index (κ3) is 5.81. The Bertz CT molecular complexity index is 1430. The van der Waals surface area contributed by atoms with E-state index in [1.807, 2.05) is 0 Å². The second kappa shape index (κ2) is 11.5. The fourth-order valence-electron chi connectivity index (χ4n) is 4.28. The predicted molar refractivity (Wildman–Crippen MR) is 138 cm³/mol. The molecule has 0 bridgehead atoms.